The summed E-state index contributed by atoms with van der Waals surface area (Å²) < 4.78 is 15.2. The average molecular weight is 448 g/mol. The summed E-state index contributed by atoms with van der Waals surface area (Å²) in [6, 6.07) is 10.9. The van der Waals surface area contributed by atoms with E-state index in [1.165, 1.54) is 6.33 Å². The number of hydrogen-bond acceptors (Lipinski definition) is 7. The van der Waals surface area contributed by atoms with Gasteiger partial charge in [0.1, 0.15) is 12.0 Å². The standard InChI is InChI=1S/C25H17FN8/c1-15-8-18(5-7-28-15)23-19(27-2)9-16(11-31-23)12-32-25-22(26)24(33-14-34-25)20-10-17-4-3-6-29-21(17)13-30-20/h3-11,13-14H,12H2,1H3,(H,32,33,34). The lowest BCUT2D eigenvalue weighted by Gasteiger charge is -2.11. The Balaban J connectivity index is 1.40. The van der Waals surface area contributed by atoms with Crippen LogP contribution in [0.3, 0.4) is 0 Å². The van der Waals surface area contributed by atoms with E-state index in [9.17, 15) is 0 Å². The lowest BCUT2D eigenvalue weighted by atomic mass is 10.1. The molecule has 0 aromatic carbocycles. The molecule has 9 heteroatoms. The maximum Gasteiger partial charge on any atom is 0.213 e. The smallest absolute Gasteiger partial charge is 0.213 e. The van der Waals surface area contributed by atoms with Gasteiger partial charge >= 0.3 is 0 Å². The minimum Gasteiger partial charge on any atom is -0.363 e. The van der Waals surface area contributed by atoms with Crippen molar-refractivity contribution in [2.75, 3.05) is 5.32 Å². The summed E-state index contributed by atoms with van der Waals surface area (Å²) in [5.41, 5.74) is 4.56. The molecule has 0 aliphatic carbocycles. The Morgan fingerprint density at radius 2 is 1.85 bits per heavy atom. The molecule has 5 heterocycles. The van der Waals surface area contributed by atoms with E-state index < -0.39 is 5.82 Å². The Morgan fingerprint density at radius 1 is 0.941 bits per heavy atom. The molecule has 0 saturated carbocycles. The van der Waals surface area contributed by atoms with Crippen LogP contribution in [-0.2, 0) is 6.54 Å². The van der Waals surface area contributed by atoms with Gasteiger partial charge in [-0.1, -0.05) is 6.07 Å². The summed E-state index contributed by atoms with van der Waals surface area (Å²) in [6.07, 6.45) is 7.89. The number of pyridine rings is 4. The van der Waals surface area contributed by atoms with E-state index in [1.54, 1.807) is 36.9 Å². The van der Waals surface area contributed by atoms with Gasteiger partial charge in [0.2, 0.25) is 5.69 Å². The van der Waals surface area contributed by atoms with Gasteiger partial charge in [-0.25, -0.2) is 19.2 Å². The Kier molecular flexibility index (Phi) is 5.54. The van der Waals surface area contributed by atoms with Crippen LogP contribution < -0.4 is 5.32 Å². The molecule has 0 aliphatic heterocycles. The van der Waals surface area contributed by atoms with Gasteiger partial charge in [-0.15, -0.1) is 0 Å². The fourth-order valence-electron chi connectivity index (χ4n) is 3.55. The Hall–Kier alpha value is -4.84. The monoisotopic (exact) mass is 448 g/mol. The minimum absolute atomic E-state index is 0.0382. The van der Waals surface area contributed by atoms with Gasteiger partial charge in [0.05, 0.1) is 29.7 Å². The van der Waals surface area contributed by atoms with Gasteiger partial charge < -0.3 is 5.32 Å². The van der Waals surface area contributed by atoms with Gasteiger partial charge in [-0.2, -0.15) is 0 Å². The van der Waals surface area contributed by atoms with E-state index in [4.69, 9.17) is 6.57 Å². The molecule has 34 heavy (non-hydrogen) atoms. The maximum atomic E-state index is 15.2. The molecule has 5 aromatic heterocycles. The van der Waals surface area contributed by atoms with E-state index in [0.717, 1.165) is 22.2 Å². The molecule has 0 atom stereocenters. The Labute approximate surface area is 194 Å². The van der Waals surface area contributed by atoms with Crippen molar-refractivity contribution in [1.29, 1.82) is 0 Å². The van der Waals surface area contributed by atoms with Gasteiger partial charge in [0, 0.05) is 36.2 Å². The van der Waals surface area contributed by atoms with E-state index in [0.29, 0.717) is 22.6 Å². The van der Waals surface area contributed by atoms with Crippen molar-refractivity contribution in [2.24, 2.45) is 0 Å². The third-order valence-corrected chi connectivity index (χ3v) is 5.20. The number of halogens is 1. The molecule has 0 spiro atoms. The van der Waals surface area contributed by atoms with Crippen LogP contribution in [0.4, 0.5) is 15.9 Å². The maximum absolute atomic E-state index is 15.2. The van der Waals surface area contributed by atoms with Crippen LogP contribution in [0.5, 0.6) is 0 Å². The number of nitrogens with zero attached hydrogens (tertiary/aromatic N) is 7. The molecular weight excluding hydrogens is 431 g/mol. The van der Waals surface area contributed by atoms with Crippen molar-refractivity contribution in [1.82, 2.24) is 29.9 Å². The summed E-state index contributed by atoms with van der Waals surface area (Å²) in [4.78, 5) is 28.9. The number of rotatable bonds is 5. The predicted molar refractivity (Wildman–Crippen MR) is 126 cm³/mol. The highest BCUT2D eigenvalue weighted by Gasteiger charge is 2.15. The van der Waals surface area contributed by atoms with Gasteiger partial charge in [-0.05, 0) is 48.4 Å². The van der Waals surface area contributed by atoms with E-state index in [1.807, 2.05) is 31.2 Å². The molecule has 0 radical (unpaired) electrons. The number of hydrogen-bond donors (Lipinski definition) is 1. The van der Waals surface area contributed by atoms with Crippen LogP contribution in [0.25, 0.3) is 38.4 Å². The Bertz CT molecular complexity index is 1560. The molecule has 1 N–H and O–H groups in total. The quantitative estimate of drug-likeness (QED) is 0.372. The number of aromatic nitrogens is 6. The highest BCUT2D eigenvalue weighted by atomic mass is 19.1. The van der Waals surface area contributed by atoms with Crippen molar-refractivity contribution >= 4 is 22.4 Å². The molecule has 164 valence electrons. The minimum atomic E-state index is -0.611. The van der Waals surface area contributed by atoms with Crippen LogP contribution in [0.2, 0.25) is 0 Å². The molecule has 0 bridgehead atoms. The van der Waals surface area contributed by atoms with Gasteiger partial charge in [0.25, 0.3) is 0 Å². The zero-order chi connectivity index (χ0) is 23.5. The van der Waals surface area contributed by atoms with Gasteiger partial charge in [0.15, 0.2) is 11.6 Å². The van der Waals surface area contributed by atoms with Crippen molar-refractivity contribution in [3.05, 3.63) is 96.0 Å². The third kappa shape index (κ3) is 4.12. The van der Waals surface area contributed by atoms with Gasteiger partial charge in [-0.3, -0.25) is 19.9 Å². The molecular formula is C25H17FN8. The molecule has 5 rings (SSSR count). The first-order chi connectivity index (χ1) is 16.6. The SMILES string of the molecule is [C-]#[N+]c1cc(CNc2ncnc(-c3cc4cccnc4cn3)c2F)cnc1-c1ccnc(C)c1. The summed E-state index contributed by atoms with van der Waals surface area (Å²) >= 11 is 0. The molecule has 5 aromatic rings. The topological polar surface area (TPSA) is 93.7 Å². The second-order valence-corrected chi connectivity index (χ2v) is 7.51. The van der Waals surface area contributed by atoms with E-state index >= 15 is 4.39 Å². The van der Waals surface area contributed by atoms with Crippen LogP contribution in [0.15, 0.2) is 67.5 Å². The lowest BCUT2D eigenvalue weighted by molar-refractivity contribution is 0.620. The van der Waals surface area contributed by atoms with Crippen LogP contribution in [0, 0.1) is 19.3 Å². The number of anilines is 1. The lowest BCUT2D eigenvalue weighted by Crippen LogP contribution is -2.06. The molecule has 0 fully saturated rings. The van der Waals surface area contributed by atoms with Crippen molar-refractivity contribution in [3.63, 3.8) is 0 Å². The second kappa shape index (κ2) is 8.96. The fraction of sp³-hybridized carbons (Fsp3) is 0.0800. The van der Waals surface area contributed by atoms with E-state index in [-0.39, 0.29) is 18.1 Å². The largest absolute Gasteiger partial charge is 0.363 e. The zero-order valence-electron chi connectivity index (χ0n) is 18.1. The first-order valence-electron chi connectivity index (χ1n) is 10.4. The Morgan fingerprint density at radius 3 is 2.71 bits per heavy atom. The van der Waals surface area contributed by atoms with Crippen molar-refractivity contribution in [3.8, 4) is 22.6 Å². The van der Waals surface area contributed by atoms with Crippen molar-refractivity contribution in [2.45, 2.75) is 13.5 Å². The molecule has 0 aliphatic rings. The van der Waals surface area contributed by atoms with Crippen LogP contribution >= 0.6 is 0 Å². The number of fused-ring (bicyclic) bond motifs is 1. The number of aryl methyl sites for hydroxylation is 1. The van der Waals surface area contributed by atoms with E-state index in [2.05, 4.69) is 40.1 Å². The summed E-state index contributed by atoms with van der Waals surface area (Å²) in [5.74, 6) is -0.572. The average Bonchev–Trinajstić information content (AvgIpc) is 2.87. The highest BCUT2D eigenvalue weighted by Crippen LogP contribution is 2.30. The summed E-state index contributed by atoms with van der Waals surface area (Å²) in [7, 11) is 0. The molecule has 0 saturated heterocycles. The fourth-order valence-corrected chi connectivity index (χ4v) is 3.55. The first kappa shape index (κ1) is 21.0. The molecule has 0 unspecified atom stereocenters. The van der Waals surface area contributed by atoms with Crippen LogP contribution in [0.1, 0.15) is 11.3 Å². The molecule has 0 amide bonds. The normalized spacial score (nSPS) is 10.7. The van der Waals surface area contributed by atoms with Crippen molar-refractivity contribution < 1.29 is 4.39 Å². The number of nitrogens with one attached hydrogen (secondary N) is 1. The molecule has 8 nitrogen and oxygen atoms in total. The zero-order valence-corrected chi connectivity index (χ0v) is 18.1. The second-order valence-electron chi connectivity index (χ2n) is 7.51. The summed E-state index contributed by atoms with van der Waals surface area (Å²) in [5, 5.41) is 3.81. The summed E-state index contributed by atoms with van der Waals surface area (Å²) in [6.45, 7) is 9.67. The highest BCUT2D eigenvalue weighted by molar-refractivity contribution is 5.81. The first-order valence-corrected chi connectivity index (χ1v) is 10.4. The third-order valence-electron chi connectivity index (χ3n) is 5.20. The predicted octanol–water partition coefficient (Wildman–Crippen LogP) is 5.15. The van der Waals surface area contributed by atoms with Crippen LogP contribution in [-0.4, -0.2) is 29.9 Å².